The van der Waals surface area contributed by atoms with E-state index in [-0.39, 0.29) is 0 Å². The number of rotatable bonds is 9. The summed E-state index contributed by atoms with van der Waals surface area (Å²) in [6.07, 6.45) is 8.94. The van der Waals surface area contributed by atoms with Gasteiger partial charge in [-0.3, -0.25) is 4.99 Å². The Morgan fingerprint density at radius 3 is 2.72 bits per heavy atom. The largest absolute Gasteiger partial charge is 0.497 e. The second kappa shape index (κ2) is 11.7. The van der Waals surface area contributed by atoms with Gasteiger partial charge in [-0.25, -0.2) is 0 Å². The van der Waals surface area contributed by atoms with E-state index in [0.29, 0.717) is 6.10 Å². The second-order valence-corrected chi connectivity index (χ2v) is 6.51. The summed E-state index contributed by atoms with van der Waals surface area (Å²) in [6.45, 7) is 2.55. The Morgan fingerprint density at radius 2 is 1.96 bits per heavy atom. The first-order valence-electron chi connectivity index (χ1n) is 9.51. The van der Waals surface area contributed by atoms with E-state index in [4.69, 9.17) is 9.47 Å². The molecule has 0 unspecified atom stereocenters. The predicted molar refractivity (Wildman–Crippen MR) is 104 cm³/mol. The maximum atomic E-state index is 5.95. The van der Waals surface area contributed by atoms with Crippen LogP contribution in [0.3, 0.4) is 0 Å². The lowest BCUT2D eigenvalue weighted by atomic mass is 9.98. The number of aliphatic imine (C=N–C) groups is 1. The first-order chi connectivity index (χ1) is 12.3. The first kappa shape index (κ1) is 19.6. The van der Waals surface area contributed by atoms with Gasteiger partial charge < -0.3 is 20.1 Å². The summed E-state index contributed by atoms with van der Waals surface area (Å²) in [4.78, 5) is 4.27. The van der Waals surface area contributed by atoms with Crippen LogP contribution in [0.15, 0.2) is 29.3 Å². The molecule has 5 heteroatoms. The summed E-state index contributed by atoms with van der Waals surface area (Å²) in [5, 5.41) is 6.70. The normalized spacial score (nSPS) is 15.8. The SMILES string of the molecule is CN=C(NCCCOC1CCCCC1)NCCc1cccc(OC)c1. The fourth-order valence-electron chi connectivity index (χ4n) is 3.13. The van der Waals surface area contributed by atoms with Gasteiger partial charge in [0, 0.05) is 26.7 Å². The van der Waals surface area contributed by atoms with Crippen molar-refractivity contribution in [3.63, 3.8) is 0 Å². The minimum atomic E-state index is 0.494. The molecule has 1 saturated carbocycles. The smallest absolute Gasteiger partial charge is 0.190 e. The summed E-state index contributed by atoms with van der Waals surface area (Å²) in [6, 6.07) is 8.17. The molecule has 0 radical (unpaired) electrons. The van der Waals surface area contributed by atoms with Crippen LogP contribution in [0.4, 0.5) is 0 Å². The Morgan fingerprint density at radius 1 is 1.16 bits per heavy atom. The molecule has 1 aliphatic carbocycles. The number of benzene rings is 1. The van der Waals surface area contributed by atoms with Gasteiger partial charge in [0.25, 0.3) is 0 Å². The van der Waals surface area contributed by atoms with Crippen molar-refractivity contribution in [2.45, 2.75) is 51.0 Å². The molecule has 0 atom stereocenters. The van der Waals surface area contributed by atoms with E-state index < -0.39 is 0 Å². The first-order valence-corrected chi connectivity index (χ1v) is 9.51. The molecular formula is C20H33N3O2. The zero-order chi connectivity index (χ0) is 17.7. The molecule has 0 bridgehead atoms. The van der Waals surface area contributed by atoms with Crippen LogP contribution in [0.5, 0.6) is 5.75 Å². The minimum Gasteiger partial charge on any atom is -0.497 e. The minimum absolute atomic E-state index is 0.494. The lowest BCUT2D eigenvalue weighted by molar-refractivity contribution is 0.0277. The van der Waals surface area contributed by atoms with Crippen LogP contribution in [0.1, 0.15) is 44.1 Å². The Bertz CT molecular complexity index is 513. The standard InChI is InChI=1S/C20H33N3O2/c1-21-20(22-13-7-15-25-18-9-4-3-5-10-18)23-14-12-17-8-6-11-19(16-17)24-2/h6,8,11,16,18H,3-5,7,9-10,12-15H2,1-2H3,(H2,21,22,23). The van der Waals surface area contributed by atoms with E-state index in [0.717, 1.165) is 44.2 Å². The number of hydrogen-bond acceptors (Lipinski definition) is 3. The van der Waals surface area contributed by atoms with E-state index in [1.807, 2.05) is 12.1 Å². The molecule has 0 aromatic heterocycles. The van der Waals surface area contributed by atoms with Crippen LogP contribution in [0.2, 0.25) is 0 Å². The molecule has 0 aliphatic heterocycles. The molecule has 1 aromatic carbocycles. The van der Waals surface area contributed by atoms with Gasteiger partial charge in [0.05, 0.1) is 13.2 Å². The van der Waals surface area contributed by atoms with E-state index in [9.17, 15) is 0 Å². The van der Waals surface area contributed by atoms with Crippen molar-refractivity contribution in [2.24, 2.45) is 4.99 Å². The number of ether oxygens (including phenoxy) is 2. The molecule has 5 nitrogen and oxygen atoms in total. The van der Waals surface area contributed by atoms with Crippen LogP contribution in [-0.2, 0) is 11.2 Å². The molecule has 0 heterocycles. The molecule has 1 fully saturated rings. The van der Waals surface area contributed by atoms with Crippen molar-refractivity contribution < 1.29 is 9.47 Å². The molecule has 0 saturated heterocycles. The average molecular weight is 348 g/mol. The highest BCUT2D eigenvalue weighted by Gasteiger charge is 2.12. The molecule has 1 aromatic rings. The monoisotopic (exact) mass is 347 g/mol. The third kappa shape index (κ3) is 7.78. The molecule has 140 valence electrons. The van der Waals surface area contributed by atoms with Gasteiger partial charge in [0.15, 0.2) is 5.96 Å². The topological polar surface area (TPSA) is 54.9 Å². The highest BCUT2D eigenvalue weighted by molar-refractivity contribution is 5.79. The van der Waals surface area contributed by atoms with Gasteiger partial charge in [-0.2, -0.15) is 0 Å². The zero-order valence-corrected chi connectivity index (χ0v) is 15.7. The van der Waals surface area contributed by atoms with Crippen LogP contribution in [-0.4, -0.2) is 45.9 Å². The van der Waals surface area contributed by atoms with E-state index in [1.165, 1.54) is 37.7 Å². The molecule has 25 heavy (non-hydrogen) atoms. The number of nitrogens with zero attached hydrogens (tertiary/aromatic N) is 1. The van der Waals surface area contributed by atoms with Crippen molar-refractivity contribution in [1.29, 1.82) is 0 Å². The molecule has 0 amide bonds. The van der Waals surface area contributed by atoms with E-state index >= 15 is 0 Å². The van der Waals surface area contributed by atoms with E-state index in [1.54, 1.807) is 14.2 Å². The highest BCUT2D eigenvalue weighted by atomic mass is 16.5. The Hall–Kier alpha value is -1.75. The zero-order valence-electron chi connectivity index (χ0n) is 15.7. The van der Waals surface area contributed by atoms with Gasteiger partial charge in [0.1, 0.15) is 5.75 Å². The Labute approximate surface area is 152 Å². The molecule has 1 aliphatic rings. The van der Waals surface area contributed by atoms with Crippen molar-refractivity contribution in [3.05, 3.63) is 29.8 Å². The fourth-order valence-corrected chi connectivity index (χ4v) is 3.13. The quantitative estimate of drug-likeness (QED) is 0.409. The van der Waals surface area contributed by atoms with Crippen molar-refractivity contribution in [2.75, 3.05) is 33.9 Å². The molecule has 2 N–H and O–H groups in total. The van der Waals surface area contributed by atoms with E-state index in [2.05, 4.69) is 27.8 Å². The maximum Gasteiger partial charge on any atom is 0.190 e. The maximum absolute atomic E-state index is 5.95. The van der Waals surface area contributed by atoms with Crippen LogP contribution >= 0.6 is 0 Å². The molecular weight excluding hydrogens is 314 g/mol. The predicted octanol–water partition coefficient (Wildman–Crippen LogP) is 3.14. The molecule has 2 rings (SSSR count). The van der Waals surface area contributed by atoms with Gasteiger partial charge in [-0.1, -0.05) is 31.4 Å². The molecule has 0 spiro atoms. The Balaban J connectivity index is 1.55. The van der Waals surface area contributed by atoms with Crippen LogP contribution in [0, 0.1) is 0 Å². The number of methoxy groups -OCH3 is 1. The van der Waals surface area contributed by atoms with Gasteiger partial charge in [-0.05, 0) is 43.4 Å². The Kier molecular flexibility index (Phi) is 9.19. The lowest BCUT2D eigenvalue weighted by Crippen LogP contribution is -2.39. The number of guanidine groups is 1. The summed E-state index contributed by atoms with van der Waals surface area (Å²) in [7, 11) is 3.50. The average Bonchev–Trinajstić information content (AvgIpc) is 2.67. The number of hydrogen-bond donors (Lipinski definition) is 2. The highest BCUT2D eigenvalue weighted by Crippen LogP contribution is 2.20. The lowest BCUT2D eigenvalue weighted by Gasteiger charge is -2.22. The summed E-state index contributed by atoms with van der Waals surface area (Å²) >= 11 is 0. The van der Waals surface area contributed by atoms with Crippen molar-refractivity contribution >= 4 is 5.96 Å². The van der Waals surface area contributed by atoms with Gasteiger partial charge in [-0.15, -0.1) is 0 Å². The third-order valence-corrected chi connectivity index (χ3v) is 4.58. The second-order valence-electron chi connectivity index (χ2n) is 6.51. The van der Waals surface area contributed by atoms with Gasteiger partial charge in [0.2, 0.25) is 0 Å². The fraction of sp³-hybridized carbons (Fsp3) is 0.650. The summed E-state index contributed by atoms with van der Waals surface area (Å²) in [5.41, 5.74) is 1.25. The number of nitrogens with one attached hydrogen (secondary N) is 2. The van der Waals surface area contributed by atoms with Crippen molar-refractivity contribution in [3.8, 4) is 5.75 Å². The van der Waals surface area contributed by atoms with Crippen molar-refractivity contribution in [1.82, 2.24) is 10.6 Å². The summed E-state index contributed by atoms with van der Waals surface area (Å²) in [5.74, 6) is 1.75. The van der Waals surface area contributed by atoms with Crippen LogP contribution in [0.25, 0.3) is 0 Å². The van der Waals surface area contributed by atoms with Crippen LogP contribution < -0.4 is 15.4 Å². The van der Waals surface area contributed by atoms with Gasteiger partial charge >= 0.3 is 0 Å². The third-order valence-electron chi connectivity index (χ3n) is 4.58. The summed E-state index contributed by atoms with van der Waals surface area (Å²) < 4.78 is 11.2.